The van der Waals surface area contributed by atoms with Crippen LogP contribution in [0.2, 0.25) is 0 Å². The van der Waals surface area contributed by atoms with Gasteiger partial charge in [-0.2, -0.15) is 5.10 Å². The van der Waals surface area contributed by atoms with Gasteiger partial charge in [-0.05, 0) is 47.6 Å². The number of hydrazone groups is 1. The van der Waals surface area contributed by atoms with Gasteiger partial charge in [-0.15, -0.1) is 0 Å². The van der Waals surface area contributed by atoms with Crippen molar-refractivity contribution in [2.75, 3.05) is 13.9 Å². The van der Waals surface area contributed by atoms with Gasteiger partial charge in [0.05, 0.1) is 13.3 Å². The third kappa shape index (κ3) is 4.14. The summed E-state index contributed by atoms with van der Waals surface area (Å²) in [4.78, 5) is 0. The molecule has 0 bridgehead atoms. The first-order valence-electron chi connectivity index (χ1n) is 7.34. The molecule has 0 spiro atoms. The molecule has 2 N–H and O–H groups in total. The molecular formula is C17H17N3O3S. The van der Waals surface area contributed by atoms with E-state index < -0.39 is 0 Å². The molecule has 6 nitrogen and oxygen atoms in total. The van der Waals surface area contributed by atoms with E-state index in [0.29, 0.717) is 11.7 Å². The molecule has 0 aliphatic carbocycles. The van der Waals surface area contributed by atoms with Gasteiger partial charge in [0.15, 0.2) is 16.6 Å². The first-order valence-corrected chi connectivity index (χ1v) is 7.75. The quantitative estimate of drug-likeness (QED) is 0.494. The molecule has 0 fully saturated rings. The number of hydrogen-bond acceptors (Lipinski definition) is 5. The van der Waals surface area contributed by atoms with Crippen LogP contribution in [0.4, 0.5) is 0 Å². The lowest BCUT2D eigenvalue weighted by Gasteiger charge is -2.07. The smallest absolute Gasteiger partial charge is 0.231 e. The molecular weight excluding hydrogens is 326 g/mol. The largest absolute Gasteiger partial charge is 0.497 e. The van der Waals surface area contributed by atoms with Crippen LogP contribution in [-0.2, 0) is 6.54 Å². The summed E-state index contributed by atoms with van der Waals surface area (Å²) in [6, 6.07) is 13.4. The third-order valence-electron chi connectivity index (χ3n) is 3.36. The number of thiocarbonyl (C=S) groups is 1. The molecule has 1 aliphatic rings. The van der Waals surface area contributed by atoms with Crippen molar-refractivity contribution in [3.63, 3.8) is 0 Å². The number of nitrogens with one attached hydrogen (secondary N) is 2. The van der Waals surface area contributed by atoms with Crippen LogP contribution in [-0.4, -0.2) is 25.2 Å². The zero-order valence-corrected chi connectivity index (χ0v) is 13.9. The van der Waals surface area contributed by atoms with Gasteiger partial charge in [-0.3, -0.25) is 5.43 Å². The average Bonchev–Trinajstić information content (AvgIpc) is 3.08. The van der Waals surface area contributed by atoms with Gasteiger partial charge in [-0.25, -0.2) is 0 Å². The van der Waals surface area contributed by atoms with Crippen molar-refractivity contribution >= 4 is 23.5 Å². The lowest BCUT2D eigenvalue weighted by atomic mass is 10.2. The summed E-state index contributed by atoms with van der Waals surface area (Å²) >= 11 is 5.20. The Morgan fingerprint density at radius 1 is 1.25 bits per heavy atom. The second kappa shape index (κ2) is 7.65. The standard InChI is InChI=1S/C17H17N3O3S/c1-21-14-4-2-3-12(7-14)10-19-20-17(24)18-9-13-5-6-15-16(8-13)23-11-22-15/h2-8,10H,9,11H2,1H3,(H2,18,20,24)/b19-10-. The molecule has 7 heteroatoms. The van der Waals surface area contributed by atoms with E-state index >= 15 is 0 Å². The average molecular weight is 343 g/mol. The van der Waals surface area contributed by atoms with E-state index in [0.717, 1.165) is 28.4 Å². The monoisotopic (exact) mass is 343 g/mol. The number of rotatable bonds is 5. The first kappa shape index (κ1) is 16.1. The van der Waals surface area contributed by atoms with E-state index in [1.54, 1.807) is 13.3 Å². The molecule has 0 saturated heterocycles. The number of hydrogen-bond donors (Lipinski definition) is 2. The molecule has 0 unspecified atom stereocenters. The summed E-state index contributed by atoms with van der Waals surface area (Å²) in [6.07, 6.45) is 1.68. The molecule has 0 atom stereocenters. The second-order valence-electron chi connectivity index (χ2n) is 5.02. The Balaban J connectivity index is 1.48. The summed E-state index contributed by atoms with van der Waals surface area (Å²) in [6.45, 7) is 0.836. The minimum atomic E-state index is 0.269. The molecule has 0 saturated carbocycles. The van der Waals surface area contributed by atoms with Gasteiger partial charge < -0.3 is 19.5 Å². The van der Waals surface area contributed by atoms with Crippen LogP contribution >= 0.6 is 12.2 Å². The molecule has 124 valence electrons. The Bertz CT molecular complexity index is 764. The Morgan fingerprint density at radius 3 is 3.00 bits per heavy atom. The van der Waals surface area contributed by atoms with Crippen molar-refractivity contribution in [3.05, 3.63) is 53.6 Å². The van der Waals surface area contributed by atoms with Crippen molar-refractivity contribution < 1.29 is 14.2 Å². The Labute approximate surface area is 145 Å². The predicted octanol–water partition coefficient (Wildman–Crippen LogP) is 2.42. The molecule has 3 rings (SSSR count). The first-order chi connectivity index (χ1) is 11.7. The third-order valence-corrected chi connectivity index (χ3v) is 3.60. The molecule has 0 amide bonds. The van der Waals surface area contributed by atoms with Gasteiger partial charge in [0, 0.05) is 6.54 Å². The highest BCUT2D eigenvalue weighted by Gasteiger charge is 2.12. The van der Waals surface area contributed by atoms with Gasteiger partial charge in [0.1, 0.15) is 5.75 Å². The maximum atomic E-state index is 5.35. The van der Waals surface area contributed by atoms with Gasteiger partial charge >= 0.3 is 0 Å². The molecule has 0 radical (unpaired) electrons. The van der Waals surface area contributed by atoms with Crippen LogP contribution in [0.3, 0.4) is 0 Å². The van der Waals surface area contributed by atoms with Crippen LogP contribution in [0.5, 0.6) is 17.2 Å². The summed E-state index contributed by atoms with van der Waals surface area (Å²) < 4.78 is 15.8. The summed E-state index contributed by atoms with van der Waals surface area (Å²) in [5.74, 6) is 2.30. The van der Waals surface area contributed by atoms with E-state index in [-0.39, 0.29) is 6.79 Å². The van der Waals surface area contributed by atoms with Crippen molar-refractivity contribution in [2.45, 2.75) is 6.54 Å². The molecule has 2 aromatic carbocycles. The number of methoxy groups -OCH3 is 1. The molecule has 24 heavy (non-hydrogen) atoms. The lowest BCUT2D eigenvalue weighted by molar-refractivity contribution is 0.174. The fourth-order valence-corrected chi connectivity index (χ4v) is 2.28. The van der Waals surface area contributed by atoms with Crippen molar-refractivity contribution in [2.24, 2.45) is 5.10 Å². The topological polar surface area (TPSA) is 64.1 Å². The summed E-state index contributed by atoms with van der Waals surface area (Å²) in [7, 11) is 1.63. The minimum Gasteiger partial charge on any atom is -0.497 e. The van der Waals surface area contributed by atoms with E-state index in [1.165, 1.54) is 0 Å². The number of ether oxygens (including phenoxy) is 3. The van der Waals surface area contributed by atoms with Gasteiger partial charge in [0.25, 0.3) is 0 Å². The SMILES string of the molecule is COc1cccc(/C=N\NC(=S)NCc2ccc3c(c2)OCO3)c1. The molecule has 0 aromatic heterocycles. The van der Waals surface area contributed by atoms with E-state index in [2.05, 4.69) is 15.8 Å². The van der Waals surface area contributed by atoms with Crippen LogP contribution in [0, 0.1) is 0 Å². The molecule has 1 heterocycles. The predicted molar refractivity (Wildman–Crippen MR) is 95.7 cm³/mol. The van der Waals surface area contributed by atoms with E-state index in [1.807, 2.05) is 42.5 Å². The maximum absolute atomic E-state index is 5.35. The number of benzene rings is 2. The summed E-state index contributed by atoms with van der Waals surface area (Å²) in [5, 5.41) is 7.63. The van der Waals surface area contributed by atoms with Gasteiger partial charge in [0.2, 0.25) is 6.79 Å². The van der Waals surface area contributed by atoms with Crippen LogP contribution in [0.15, 0.2) is 47.6 Å². The Kier molecular flexibility index (Phi) is 5.12. The fraction of sp³-hybridized carbons (Fsp3) is 0.176. The van der Waals surface area contributed by atoms with Crippen molar-refractivity contribution in [1.29, 1.82) is 0 Å². The van der Waals surface area contributed by atoms with E-state index in [4.69, 9.17) is 26.4 Å². The highest BCUT2D eigenvalue weighted by atomic mass is 32.1. The normalized spacial score (nSPS) is 12.2. The highest BCUT2D eigenvalue weighted by molar-refractivity contribution is 7.80. The zero-order chi connectivity index (χ0) is 16.8. The van der Waals surface area contributed by atoms with E-state index in [9.17, 15) is 0 Å². The van der Waals surface area contributed by atoms with Crippen molar-refractivity contribution in [3.8, 4) is 17.2 Å². The number of fused-ring (bicyclic) bond motifs is 1. The second-order valence-corrected chi connectivity index (χ2v) is 5.43. The highest BCUT2D eigenvalue weighted by Crippen LogP contribution is 2.32. The maximum Gasteiger partial charge on any atom is 0.231 e. The van der Waals surface area contributed by atoms with Crippen LogP contribution < -0.4 is 25.0 Å². The fourth-order valence-electron chi connectivity index (χ4n) is 2.16. The Morgan fingerprint density at radius 2 is 2.12 bits per heavy atom. The van der Waals surface area contributed by atoms with Crippen LogP contribution in [0.25, 0.3) is 0 Å². The zero-order valence-electron chi connectivity index (χ0n) is 13.1. The molecule has 1 aliphatic heterocycles. The molecule has 2 aromatic rings. The van der Waals surface area contributed by atoms with Crippen molar-refractivity contribution in [1.82, 2.24) is 10.7 Å². The number of nitrogens with zero attached hydrogens (tertiary/aromatic N) is 1. The lowest BCUT2D eigenvalue weighted by Crippen LogP contribution is -2.31. The Hall–Kier alpha value is -2.80. The summed E-state index contributed by atoms with van der Waals surface area (Å²) in [5.41, 5.74) is 4.74. The van der Waals surface area contributed by atoms with Gasteiger partial charge in [-0.1, -0.05) is 18.2 Å². The van der Waals surface area contributed by atoms with Crippen LogP contribution in [0.1, 0.15) is 11.1 Å². The minimum absolute atomic E-state index is 0.269.